The predicted octanol–water partition coefficient (Wildman–Crippen LogP) is 6.75. The number of nitrogens with zero attached hydrogens (tertiary/aromatic N) is 2. The van der Waals surface area contributed by atoms with Crippen LogP contribution in [-0.4, -0.2) is 40.5 Å². The van der Waals surface area contributed by atoms with Gasteiger partial charge in [0.15, 0.2) is 0 Å². The van der Waals surface area contributed by atoms with E-state index in [1.54, 1.807) is 60.7 Å². The van der Waals surface area contributed by atoms with Gasteiger partial charge in [0.05, 0.1) is 53.2 Å². The Morgan fingerprint density at radius 1 is 0.358 bits per heavy atom. The van der Waals surface area contributed by atoms with Crippen molar-refractivity contribution in [1.29, 1.82) is 0 Å². The Morgan fingerprint density at radius 2 is 0.679 bits per heavy atom. The zero-order valence-electron chi connectivity index (χ0n) is 27.2. The number of para-hydroxylation sites is 2. The van der Waals surface area contributed by atoms with Crippen LogP contribution in [0, 0.1) is 0 Å². The van der Waals surface area contributed by atoms with E-state index in [9.17, 15) is 36.0 Å². The largest absolute Gasteiger partial charge is 0.457 e. The van der Waals surface area contributed by atoms with Crippen LogP contribution in [-0.2, 0) is 19.7 Å². The third kappa shape index (κ3) is 5.59. The standard InChI is InChI=1S/C40H24N2O9S2/c43-37-33-21-19-31(23-35(33)39(45)41(37)25-7-3-1-4-8-25)52(47,48)29-15-11-27(12-16-29)51-28-13-17-30(18-14-28)53(49,50)32-20-22-34-36(24-32)40(46)42(38(34)44)26-9-5-2-6-10-26/h1-24H. The van der Waals surface area contributed by atoms with Crippen molar-refractivity contribution in [1.82, 2.24) is 0 Å². The van der Waals surface area contributed by atoms with Crippen LogP contribution in [0.5, 0.6) is 11.5 Å². The molecular formula is C40H24N2O9S2. The zero-order chi connectivity index (χ0) is 37.1. The maximum Gasteiger partial charge on any atom is 0.266 e. The molecule has 2 aliphatic heterocycles. The molecule has 13 heteroatoms. The number of carbonyl (C=O) groups is 4. The quantitative estimate of drug-likeness (QED) is 0.154. The molecular weight excluding hydrogens is 717 g/mol. The molecule has 0 saturated heterocycles. The minimum atomic E-state index is -4.10. The van der Waals surface area contributed by atoms with Crippen molar-refractivity contribution in [3.05, 3.63) is 168 Å². The van der Waals surface area contributed by atoms with Crippen LogP contribution >= 0.6 is 0 Å². The van der Waals surface area contributed by atoms with Crippen LogP contribution < -0.4 is 14.5 Å². The van der Waals surface area contributed by atoms with E-state index >= 15 is 0 Å². The summed E-state index contributed by atoms with van der Waals surface area (Å²) in [6.45, 7) is 0. The number of rotatable bonds is 8. The molecule has 0 aliphatic carbocycles. The highest BCUT2D eigenvalue weighted by molar-refractivity contribution is 7.91. The van der Waals surface area contributed by atoms with E-state index < -0.39 is 43.3 Å². The maximum atomic E-state index is 13.5. The van der Waals surface area contributed by atoms with E-state index in [1.807, 2.05) is 0 Å². The van der Waals surface area contributed by atoms with Crippen molar-refractivity contribution >= 4 is 54.7 Å². The average molecular weight is 741 g/mol. The highest BCUT2D eigenvalue weighted by atomic mass is 32.2. The molecule has 0 fully saturated rings. The number of hydrogen-bond acceptors (Lipinski definition) is 9. The van der Waals surface area contributed by atoms with E-state index in [0.29, 0.717) is 11.4 Å². The Hall–Kier alpha value is -6.70. The minimum Gasteiger partial charge on any atom is -0.457 e. The Bertz CT molecular complexity index is 2540. The van der Waals surface area contributed by atoms with Gasteiger partial charge in [-0.2, -0.15) is 0 Å². The number of ether oxygens (including phenoxy) is 1. The number of carbonyl (C=O) groups excluding carboxylic acids is 4. The molecule has 53 heavy (non-hydrogen) atoms. The molecule has 6 aromatic carbocycles. The Labute approximate surface area is 303 Å². The second-order valence-electron chi connectivity index (χ2n) is 12.0. The molecule has 0 radical (unpaired) electrons. The number of benzene rings is 6. The van der Waals surface area contributed by atoms with E-state index in [4.69, 9.17) is 4.74 Å². The summed E-state index contributed by atoms with van der Waals surface area (Å²) in [7, 11) is -8.19. The van der Waals surface area contributed by atoms with Crippen molar-refractivity contribution in [3.8, 4) is 11.5 Å². The fourth-order valence-electron chi connectivity index (χ4n) is 6.18. The van der Waals surface area contributed by atoms with E-state index in [1.165, 1.54) is 84.9 Å². The Kier molecular flexibility index (Phi) is 7.89. The van der Waals surface area contributed by atoms with Crippen LogP contribution in [0.25, 0.3) is 0 Å². The van der Waals surface area contributed by atoms with Gasteiger partial charge in [-0.1, -0.05) is 36.4 Å². The van der Waals surface area contributed by atoms with Crippen LogP contribution in [0.15, 0.2) is 165 Å². The smallest absolute Gasteiger partial charge is 0.266 e. The lowest BCUT2D eigenvalue weighted by molar-refractivity contribution is 0.0910. The second-order valence-corrected chi connectivity index (χ2v) is 15.9. The molecule has 11 nitrogen and oxygen atoms in total. The Morgan fingerprint density at radius 3 is 1.04 bits per heavy atom. The zero-order valence-corrected chi connectivity index (χ0v) is 28.9. The number of hydrogen-bond donors (Lipinski definition) is 0. The molecule has 2 aliphatic rings. The summed E-state index contributed by atoms with van der Waals surface area (Å²) in [5.41, 5.74) is 0.936. The lowest BCUT2D eigenvalue weighted by Gasteiger charge is -2.13. The first-order valence-electron chi connectivity index (χ1n) is 16.0. The van der Waals surface area contributed by atoms with Crippen LogP contribution in [0.3, 0.4) is 0 Å². The second kappa shape index (κ2) is 12.5. The minimum absolute atomic E-state index is 0.0141. The van der Waals surface area contributed by atoms with Gasteiger partial charge in [-0.05, 0) is 109 Å². The molecule has 0 spiro atoms. The van der Waals surface area contributed by atoms with Crippen molar-refractivity contribution in [3.63, 3.8) is 0 Å². The van der Waals surface area contributed by atoms with Crippen molar-refractivity contribution in [2.24, 2.45) is 0 Å². The maximum absolute atomic E-state index is 13.5. The molecule has 0 bridgehead atoms. The molecule has 2 heterocycles. The summed E-state index contributed by atoms with van der Waals surface area (Å²) < 4.78 is 59.9. The summed E-state index contributed by atoms with van der Waals surface area (Å²) in [6.07, 6.45) is 0. The van der Waals surface area contributed by atoms with E-state index in [-0.39, 0.29) is 53.3 Å². The first-order chi connectivity index (χ1) is 25.4. The van der Waals surface area contributed by atoms with Gasteiger partial charge >= 0.3 is 0 Å². The number of imide groups is 2. The van der Waals surface area contributed by atoms with Crippen molar-refractivity contribution in [2.45, 2.75) is 19.6 Å². The number of fused-ring (bicyclic) bond motifs is 2. The highest BCUT2D eigenvalue weighted by Crippen LogP contribution is 2.34. The van der Waals surface area contributed by atoms with Crippen molar-refractivity contribution < 1.29 is 40.8 Å². The average Bonchev–Trinajstić information content (AvgIpc) is 3.58. The normalized spacial score (nSPS) is 14.0. The van der Waals surface area contributed by atoms with Gasteiger partial charge in [0.25, 0.3) is 23.6 Å². The van der Waals surface area contributed by atoms with Gasteiger partial charge < -0.3 is 4.74 Å². The fraction of sp³-hybridized carbons (Fsp3) is 0. The molecule has 0 atom stereocenters. The number of anilines is 2. The van der Waals surface area contributed by atoms with Gasteiger partial charge in [0.2, 0.25) is 19.7 Å². The topological polar surface area (TPSA) is 152 Å². The van der Waals surface area contributed by atoms with Crippen LogP contribution in [0.2, 0.25) is 0 Å². The summed E-state index contributed by atoms with van der Waals surface area (Å²) >= 11 is 0. The van der Waals surface area contributed by atoms with Gasteiger partial charge in [0, 0.05) is 0 Å². The molecule has 0 N–H and O–H groups in total. The molecule has 260 valence electrons. The summed E-state index contributed by atoms with van der Waals surface area (Å²) in [5, 5.41) is 0. The summed E-state index contributed by atoms with van der Waals surface area (Å²) in [5.74, 6) is -1.80. The monoisotopic (exact) mass is 740 g/mol. The third-order valence-corrected chi connectivity index (χ3v) is 12.4. The lowest BCUT2D eigenvalue weighted by Crippen LogP contribution is -2.29. The third-order valence-electron chi connectivity index (χ3n) is 8.87. The van der Waals surface area contributed by atoms with E-state index in [2.05, 4.69) is 0 Å². The Balaban J connectivity index is 0.974. The fourth-order valence-corrected chi connectivity index (χ4v) is 8.75. The van der Waals surface area contributed by atoms with E-state index in [0.717, 1.165) is 9.80 Å². The van der Waals surface area contributed by atoms with Gasteiger partial charge in [0.1, 0.15) is 11.5 Å². The van der Waals surface area contributed by atoms with Crippen molar-refractivity contribution in [2.75, 3.05) is 9.80 Å². The van der Waals surface area contributed by atoms with Gasteiger partial charge in [-0.15, -0.1) is 0 Å². The lowest BCUT2D eigenvalue weighted by atomic mass is 10.1. The molecule has 0 aromatic heterocycles. The molecule has 8 rings (SSSR count). The van der Waals surface area contributed by atoms with Crippen LogP contribution in [0.4, 0.5) is 11.4 Å². The van der Waals surface area contributed by atoms with Gasteiger partial charge in [-0.25, -0.2) is 26.6 Å². The molecule has 0 saturated carbocycles. The number of amides is 4. The SMILES string of the molecule is O=C1c2ccc(S(=O)(=O)c3ccc(Oc4ccc(S(=O)(=O)c5ccc6c(c5)C(=O)N(c5ccccc5)C6=O)cc4)cc3)cc2C(=O)N1c1ccccc1. The summed E-state index contributed by atoms with van der Waals surface area (Å²) in [6, 6.07) is 35.4. The molecule has 0 unspecified atom stereocenters. The first-order valence-corrected chi connectivity index (χ1v) is 19.0. The van der Waals surface area contributed by atoms with Gasteiger partial charge in [-0.3, -0.25) is 19.2 Å². The number of sulfone groups is 2. The van der Waals surface area contributed by atoms with Crippen LogP contribution in [0.1, 0.15) is 41.4 Å². The molecule has 4 amide bonds. The highest BCUT2D eigenvalue weighted by Gasteiger charge is 2.39. The molecule has 6 aromatic rings. The predicted molar refractivity (Wildman–Crippen MR) is 192 cm³/mol. The first kappa shape index (κ1) is 33.4. The summed E-state index contributed by atoms with van der Waals surface area (Å²) in [4.78, 5) is 53.7.